The van der Waals surface area contributed by atoms with E-state index in [4.69, 9.17) is 10.2 Å². The Kier molecular flexibility index (Phi) is 5.93. The summed E-state index contributed by atoms with van der Waals surface area (Å²) in [5.41, 5.74) is 0. The molecule has 158 valence electrons. The molecule has 0 saturated carbocycles. The van der Waals surface area contributed by atoms with Crippen LogP contribution in [0.1, 0.15) is 0 Å². The summed E-state index contributed by atoms with van der Waals surface area (Å²) in [7, 11) is 0. The first kappa shape index (κ1) is 24.9. The molecule has 0 saturated heterocycles. The third-order valence-corrected chi connectivity index (χ3v) is 2.94. The summed E-state index contributed by atoms with van der Waals surface area (Å²) in [6, 6.07) is 0. The summed E-state index contributed by atoms with van der Waals surface area (Å²) < 4.78 is 190. The van der Waals surface area contributed by atoms with E-state index in [0.29, 0.717) is 0 Å². The fourth-order valence-electron chi connectivity index (χ4n) is 1.30. The van der Waals surface area contributed by atoms with Gasteiger partial charge in [0.2, 0.25) is 0 Å². The van der Waals surface area contributed by atoms with E-state index >= 15 is 0 Å². The molecule has 0 amide bonds. The van der Waals surface area contributed by atoms with Gasteiger partial charge in [0.25, 0.3) is 0 Å². The van der Waals surface area contributed by atoms with Crippen molar-refractivity contribution in [1.82, 2.24) is 0 Å². The number of rotatable bonds is 7. The lowest BCUT2D eigenvalue weighted by molar-refractivity contribution is -0.455. The minimum absolute atomic E-state index is 2.53. The standard InChI is InChI=1S/C9H5F15O2/c10-3(11,2(26)1-25)4(12,13)5(14,15)6(16,17)7(18,19)8(20,21)9(22,23)24/h2,25-26H,1H2. The zero-order valence-corrected chi connectivity index (χ0v) is 11.3. The molecule has 0 rings (SSSR count). The number of hydrogen-bond acceptors (Lipinski definition) is 2. The van der Waals surface area contributed by atoms with E-state index < -0.39 is 54.4 Å². The first-order chi connectivity index (χ1) is 11.0. The van der Waals surface area contributed by atoms with Gasteiger partial charge in [-0.05, 0) is 0 Å². The van der Waals surface area contributed by atoms with Crippen molar-refractivity contribution in [3.05, 3.63) is 0 Å². The third-order valence-electron chi connectivity index (χ3n) is 2.94. The summed E-state index contributed by atoms with van der Waals surface area (Å²) in [4.78, 5) is 0. The topological polar surface area (TPSA) is 40.5 Å². The van der Waals surface area contributed by atoms with Crippen LogP contribution in [-0.4, -0.2) is 64.6 Å². The maximum Gasteiger partial charge on any atom is 0.460 e. The molecule has 26 heavy (non-hydrogen) atoms. The Balaban J connectivity index is 6.51. The van der Waals surface area contributed by atoms with E-state index in [9.17, 15) is 65.9 Å². The lowest BCUT2D eigenvalue weighted by atomic mass is 9.89. The number of hydrogen-bond donors (Lipinski definition) is 2. The van der Waals surface area contributed by atoms with Gasteiger partial charge in [-0.3, -0.25) is 0 Å². The fourth-order valence-corrected chi connectivity index (χ4v) is 1.30. The Labute approximate surface area is 132 Å². The second-order valence-electron chi connectivity index (χ2n) is 4.69. The molecule has 0 aliphatic carbocycles. The number of aliphatic hydroxyl groups excluding tert-OH is 2. The van der Waals surface area contributed by atoms with Crippen molar-refractivity contribution in [2.24, 2.45) is 0 Å². The van der Waals surface area contributed by atoms with E-state index in [1.165, 1.54) is 0 Å². The van der Waals surface area contributed by atoms with Crippen LogP contribution in [-0.2, 0) is 0 Å². The van der Waals surface area contributed by atoms with Crippen molar-refractivity contribution >= 4 is 0 Å². The molecule has 0 aliphatic rings. The van der Waals surface area contributed by atoms with E-state index in [0.717, 1.165) is 0 Å². The van der Waals surface area contributed by atoms with Crippen LogP contribution in [0.4, 0.5) is 65.9 Å². The zero-order valence-electron chi connectivity index (χ0n) is 11.3. The summed E-state index contributed by atoms with van der Waals surface area (Å²) in [6.45, 7) is -2.53. The van der Waals surface area contributed by atoms with Gasteiger partial charge < -0.3 is 10.2 Å². The molecule has 2 nitrogen and oxygen atoms in total. The quantitative estimate of drug-likeness (QED) is 0.605. The molecule has 17 heteroatoms. The zero-order chi connectivity index (χ0) is 21.8. The monoisotopic (exact) mass is 430 g/mol. The van der Waals surface area contributed by atoms with Crippen LogP contribution < -0.4 is 0 Å². The molecule has 0 aromatic carbocycles. The second kappa shape index (κ2) is 6.20. The highest BCUT2D eigenvalue weighted by Gasteiger charge is 2.93. The van der Waals surface area contributed by atoms with Crippen LogP contribution in [0, 0.1) is 0 Å². The number of alkyl halides is 15. The van der Waals surface area contributed by atoms with Crippen LogP contribution >= 0.6 is 0 Å². The highest BCUT2D eigenvalue weighted by molar-refractivity contribution is 5.13. The molecule has 0 heterocycles. The predicted octanol–water partition coefficient (Wildman–Crippen LogP) is 3.71. The Bertz CT molecular complexity index is 508. The molecule has 1 unspecified atom stereocenters. The minimum atomic E-state index is -8.40. The Morgan fingerprint density at radius 2 is 0.769 bits per heavy atom. The number of aliphatic hydroxyl groups is 2. The molecule has 0 aromatic heterocycles. The van der Waals surface area contributed by atoms with Crippen LogP contribution in [0.3, 0.4) is 0 Å². The van der Waals surface area contributed by atoms with Crippen molar-refractivity contribution in [1.29, 1.82) is 0 Å². The first-order valence-corrected chi connectivity index (χ1v) is 5.61. The van der Waals surface area contributed by atoms with E-state index in [2.05, 4.69) is 0 Å². The van der Waals surface area contributed by atoms with Crippen LogP contribution in [0.25, 0.3) is 0 Å². The van der Waals surface area contributed by atoms with Gasteiger partial charge >= 0.3 is 41.7 Å². The smallest absolute Gasteiger partial charge is 0.393 e. The molecule has 2 N–H and O–H groups in total. The molecular formula is C9H5F15O2. The average Bonchev–Trinajstić information content (AvgIpc) is 2.43. The largest absolute Gasteiger partial charge is 0.460 e. The molecule has 0 aromatic rings. The highest BCUT2D eigenvalue weighted by atomic mass is 19.4. The molecule has 0 radical (unpaired) electrons. The van der Waals surface area contributed by atoms with Crippen LogP contribution in [0.2, 0.25) is 0 Å². The van der Waals surface area contributed by atoms with Crippen molar-refractivity contribution in [2.75, 3.05) is 6.61 Å². The highest BCUT2D eigenvalue weighted by Crippen LogP contribution is 2.62. The summed E-state index contributed by atoms with van der Waals surface area (Å²) in [5, 5.41) is 16.3. The van der Waals surface area contributed by atoms with Crippen molar-refractivity contribution in [3.63, 3.8) is 0 Å². The molecule has 0 bridgehead atoms. The fraction of sp³-hybridized carbons (Fsp3) is 1.00. The SMILES string of the molecule is OCC(O)C(F)(F)C(F)(F)C(F)(F)C(F)(F)C(F)(F)C(F)(F)C(F)(F)F. The maximum absolute atomic E-state index is 13.0. The summed E-state index contributed by atoms with van der Waals surface area (Å²) in [6.07, 6.45) is -12.0. The normalized spacial score (nSPS) is 17.4. The second-order valence-corrected chi connectivity index (χ2v) is 4.69. The van der Waals surface area contributed by atoms with Gasteiger partial charge in [-0.1, -0.05) is 0 Å². The predicted molar refractivity (Wildman–Crippen MR) is 48.8 cm³/mol. The molecule has 1 atom stereocenters. The van der Waals surface area contributed by atoms with Crippen molar-refractivity contribution in [3.8, 4) is 0 Å². The summed E-state index contributed by atoms with van der Waals surface area (Å²) in [5.74, 6) is -47.7. The molecular weight excluding hydrogens is 425 g/mol. The van der Waals surface area contributed by atoms with Gasteiger partial charge in [-0.15, -0.1) is 0 Å². The van der Waals surface area contributed by atoms with Crippen LogP contribution in [0.5, 0.6) is 0 Å². The summed E-state index contributed by atoms with van der Waals surface area (Å²) >= 11 is 0. The average molecular weight is 430 g/mol. The first-order valence-electron chi connectivity index (χ1n) is 5.61. The van der Waals surface area contributed by atoms with E-state index in [-0.39, 0.29) is 0 Å². The van der Waals surface area contributed by atoms with Gasteiger partial charge in [0, 0.05) is 0 Å². The van der Waals surface area contributed by atoms with Gasteiger partial charge in [0.05, 0.1) is 6.61 Å². The number of halogens is 15. The lowest BCUT2D eigenvalue weighted by Gasteiger charge is -2.42. The van der Waals surface area contributed by atoms with Crippen molar-refractivity contribution in [2.45, 2.75) is 47.8 Å². The minimum Gasteiger partial charge on any atom is -0.393 e. The van der Waals surface area contributed by atoms with Crippen LogP contribution in [0.15, 0.2) is 0 Å². The van der Waals surface area contributed by atoms with Gasteiger partial charge in [-0.25, -0.2) is 0 Å². The van der Waals surface area contributed by atoms with Gasteiger partial charge in [0.15, 0.2) is 0 Å². The molecule has 0 aliphatic heterocycles. The molecule has 0 spiro atoms. The van der Waals surface area contributed by atoms with E-state index in [1.54, 1.807) is 0 Å². The maximum atomic E-state index is 13.0. The Hall–Kier alpha value is -1.13. The molecule has 0 fully saturated rings. The Morgan fingerprint density at radius 1 is 0.500 bits per heavy atom. The Morgan fingerprint density at radius 3 is 1.04 bits per heavy atom. The van der Waals surface area contributed by atoms with E-state index in [1.807, 2.05) is 0 Å². The van der Waals surface area contributed by atoms with Gasteiger partial charge in [0.1, 0.15) is 6.10 Å². The lowest BCUT2D eigenvalue weighted by Crippen LogP contribution is -2.73. The third kappa shape index (κ3) is 2.95. The van der Waals surface area contributed by atoms with Crippen molar-refractivity contribution < 1.29 is 76.1 Å². The van der Waals surface area contributed by atoms with Gasteiger partial charge in [-0.2, -0.15) is 65.9 Å².